The highest BCUT2D eigenvalue weighted by Gasteiger charge is 2.01. The molecular weight excluding hydrogens is 346 g/mol. The lowest BCUT2D eigenvalue weighted by atomic mass is 10.1. The number of aliphatic hydroxyl groups excluding tert-OH is 1. The van der Waals surface area contributed by atoms with E-state index in [0.29, 0.717) is 10.7 Å². The van der Waals surface area contributed by atoms with Gasteiger partial charge in [0.05, 0.1) is 6.61 Å². The maximum atomic E-state index is 8.83. The zero-order chi connectivity index (χ0) is 18.4. The lowest BCUT2D eigenvalue weighted by Gasteiger charge is -2.07. The number of aliphatic hydroxyl groups is 1. The van der Waals surface area contributed by atoms with Gasteiger partial charge in [-0.05, 0) is 60.4 Å². The Morgan fingerprint density at radius 3 is 2.42 bits per heavy atom. The summed E-state index contributed by atoms with van der Waals surface area (Å²) in [6, 6.07) is 17.3. The molecule has 3 rings (SSSR count). The van der Waals surface area contributed by atoms with Crippen molar-refractivity contribution in [3.05, 3.63) is 82.6 Å². The Bertz CT molecular complexity index is 939. The summed E-state index contributed by atoms with van der Waals surface area (Å²) in [6.07, 6.45) is 1.81. The molecule has 3 nitrogen and oxygen atoms in total. The average Bonchev–Trinajstić information content (AvgIpc) is 2.67. The normalized spacial score (nSPS) is 10.1. The van der Waals surface area contributed by atoms with E-state index in [1.807, 2.05) is 67.7 Å². The highest BCUT2D eigenvalue weighted by atomic mass is 35.5. The minimum Gasteiger partial charge on any atom is -0.491 e. The maximum Gasteiger partial charge on any atom is 0.122 e. The van der Waals surface area contributed by atoms with Gasteiger partial charge in [0.25, 0.3) is 0 Å². The lowest BCUT2D eigenvalue weighted by Crippen LogP contribution is -2.02. The van der Waals surface area contributed by atoms with Crippen molar-refractivity contribution in [2.24, 2.45) is 0 Å². The number of pyridine rings is 1. The van der Waals surface area contributed by atoms with Crippen LogP contribution in [0.1, 0.15) is 16.8 Å². The standard InChI is InChI=1S/C22H18ClNO2/c1-16-14-17(3-11-22(16)26-13-12-25)2-9-21-10-6-19(15-24-21)18-4-7-20(23)8-5-18/h3-8,10-11,14-15,25H,12-13H2,1H3. The summed E-state index contributed by atoms with van der Waals surface area (Å²) in [5.41, 5.74) is 4.67. The Kier molecular flexibility index (Phi) is 5.91. The zero-order valence-corrected chi connectivity index (χ0v) is 15.1. The van der Waals surface area contributed by atoms with E-state index in [9.17, 15) is 0 Å². The Morgan fingerprint density at radius 1 is 1.00 bits per heavy atom. The van der Waals surface area contributed by atoms with Crippen molar-refractivity contribution in [3.8, 4) is 28.7 Å². The number of aryl methyl sites for hydroxylation is 1. The first-order chi connectivity index (χ1) is 12.7. The van der Waals surface area contributed by atoms with Gasteiger partial charge in [-0.2, -0.15) is 0 Å². The van der Waals surface area contributed by atoms with E-state index in [1.54, 1.807) is 0 Å². The van der Waals surface area contributed by atoms with Crippen LogP contribution in [-0.2, 0) is 0 Å². The van der Waals surface area contributed by atoms with Gasteiger partial charge >= 0.3 is 0 Å². The molecule has 0 saturated heterocycles. The molecule has 0 radical (unpaired) electrons. The van der Waals surface area contributed by atoms with E-state index >= 15 is 0 Å². The van der Waals surface area contributed by atoms with Crippen LogP contribution in [-0.4, -0.2) is 23.3 Å². The highest BCUT2D eigenvalue weighted by Crippen LogP contribution is 2.21. The van der Waals surface area contributed by atoms with Gasteiger partial charge in [0, 0.05) is 22.3 Å². The summed E-state index contributed by atoms with van der Waals surface area (Å²) in [6.45, 7) is 2.24. The summed E-state index contributed by atoms with van der Waals surface area (Å²) in [4.78, 5) is 4.41. The number of halogens is 1. The lowest BCUT2D eigenvalue weighted by molar-refractivity contribution is 0.200. The van der Waals surface area contributed by atoms with Crippen LogP contribution in [0.25, 0.3) is 11.1 Å². The molecule has 1 N–H and O–H groups in total. The van der Waals surface area contributed by atoms with E-state index in [0.717, 1.165) is 28.0 Å². The van der Waals surface area contributed by atoms with Crippen molar-refractivity contribution >= 4 is 11.6 Å². The third-order valence-electron chi connectivity index (χ3n) is 3.80. The predicted octanol–water partition coefficient (Wildman–Crippen LogP) is 4.48. The fourth-order valence-electron chi connectivity index (χ4n) is 2.46. The van der Waals surface area contributed by atoms with Gasteiger partial charge in [-0.25, -0.2) is 4.98 Å². The van der Waals surface area contributed by atoms with Crippen molar-refractivity contribution in [1.29, 1.82) is 0 Å². The number of rotatable bonds is 4. The van der Waals surface area contributed by atoms with Crippen molar-refractivity contribution in [3.63, 3.8) is 0 Å². The molecule has 0 amide bonds. The molecule has 0 spiro atoms. The van der Waals surface area contributed by atoms with Gasteiger partial charge in [0.2, 0.25) is 0 Å². The minimum absolute atomic E-state index is 0.00131. The first-order valence-electron chi connectivity index (χ1n) is 8.24. The number of ether oxygens (including phenoxy) is 1. The molecule has 130 valence electrons. The van der Waals surface area contributed by atoms with Crippen LogP contribution >= 0.6 is 11.6 Å². The van der Waals surface area contributed by atoms with Gasteiger partial charge in [-0.1, -0.05) is 35.7 Å². The maximum absolute atomic E-state index is 8.83. The Labute approximate surface area is 158 Å². The van der Waals surface area contributed by atoms with Crippen molar-refractivity contribution < 1.29 is 9.84 Å². The van der Waals surface area contributed by atoms with Crippen LogP contribution in [0.5, 0.6) is 5.75 Å². The molecule has 0 aliphatic heterocycles. The largest absolute Gasteiger partial charge is 0.491 e. The third-order valence-corrected chi connectivity index (χ3v) is 4.05. The summed E-state index contributed by atoms with van der Waals surface area (Å²) in [7, 11) is 0. The van der Waals surface area contributed by atoms with Gasteiger partial charge in [0.15, 0.2) is 0 Å². The van der Waals surface area contributed by atoms with E-state index in [2.05, 4.69) is 16.8 Å². The van der Waals surface area contributed by atoms with Crippen molar-refractivity contribution in [1.82, 2.24) is 4.98 Å². The molecular formula is C22H18ClNO2. The Hall–Kier alpha value is -2.80. The minimum atomic E-state index is -0.00131. The molecule has 0 aliphatic carbocycles. The molecule has 0 bridgehead atoms. The van der Waals surface area contributed by atoms with Crippen LogP contribution in [0, 0.1) is 18.8 Å². The van der Waals surface area contributed by atoms with Gasteiger partial charge in [-0.15, -0.1) is 0 Å². The molecule has 1 aromatic heterocycles. The smallest absolute Gasteiger partial charge is 0.122 e. The molecule has 4 heteroatoms. The molecule has 26 heavy (non-hydrogen) atoms. The van der Waals surface area contributed by atoms with Crippen molar-refractivity contribution in [2.45, 2.75) is 6.92 Å². The number of hydrogen-bond donors (Lipinski definition) is 1. The summed E-state index contributed by atoms with van der Waals surface area (Å²) < 4.78 is 5.45. The fourth-order valence-corrected chi connectivity index (χ4v) is 2.59. The van der Waals surface area contributed by atoms with Crippen LogP contribution in [0.4, 0.5) is 0 Å². The monoisotopic (exact) mass is 363 g/mol. The molecule has 0 unspecified atom stereocenters. The van der Waals surface area contributed by atoms with Gasteiger partial charge < -0.3 is 9.84 Å². The Morgan fingerprint density at radius 2 is 1.77 bits per heavy atom. The van der Waals surface area contributed by atoms with Crippen molar-refractivity contribution in [2.75, 3.05) is 13.2 Å². The molecule has 0 saturated carbocycles. The molecule has 0 atom stereocenters. The molecule has 2 aromatic carbocycles. The van der Waals surface area contributed by atoms with E-state index in [1.165, 1.54) is 0 Å². The highest BCUT2D eigenvalue weighted by molar-refractivity contribution is 6.30. The van der Waals surface area contributed by atoms with Gasteiger partial charge in [0.1, 0.15) is 18.1 Å². The number of hydrogen-bond acceptors (Lipinski definition) is 3. The Balaban J connectivity index is 1.74. The van der Waals surface area contributed by atoms with Gasteiger partial charge in [-0.3, -0.25) is 0 Å². The first-order valence-corrected chi connectivity index (χ1v) is 8.62. The molecule has 0 aliphatic rings. The second kappa shape index (κ2) is 8.53. The zero-order valence-electron chi connectivity index (χ0n) is 14.4. The third kappa shape index (κ3) is 4.64. The average molecular weight is 364 g/mol. The van der Waals surface area contributed by atoms with E-state index in [4.69, 9.17) is 21.4 Å². The summed E-state index contributed by atoms with van der Waals surface area (Å²) in [5, 5.41) is 9.54. The molecule has 0 fully saturated rings. The van der Waals surface area contributed by atoms with Crippen LogP contribution < -0.4 is 4.74 Å². The number of nitrogens with zero attached hydrogens (tertiary/aromatic N) is 1. The number of aromatic nitrogens is 1. The van der Waals surface area contributed by atoms with E-state index < -0.39 is 0 Å². The summed E-state index contributed by atoms with van der Waals surface area (Å²) in [5.74, 6) is 6.95. The van der Waals surface area contributed by atoms with E-state index in [-0.39, 0.29) is 13.2 Å². The number of benzene rings is 2. The quantitative estimate of drug-likeness (QED) is 0.695. The second-order valence-electron chi connectivity index (χ2n) is 5.74. The fraction of sp³-hybridized carbons (Fsp3) is 0.136. The van der Waals surface area contributed by atoms with Crippen LogP contribution in [0.3, 0.4) is 0 Å². The molecule has 3 aromatic rings. The first kappa shape index (κ1) is 18.0. The SMILES string of the molecule is Cc1cc(C#Cc2ccc(-c3ccc(Cl)cc3)cn2)ccc1OCCO. The second-order valence-corrected chi connectivity index (χ2v) is 6.18. The topological polar surface area (TPSA) is 42.4 Å². The summed E-state index contributed by atoms with van der Waals surface area (Å²) >= 11 is 5.92. The molecule has 1 heterocycles. The predicted molar refractivity (Wildman–Crippen MR) is 104 cm³/mol. The van der Waals surface area contributed by atoms with Crippen LogP contribution in [0.15, 0.2) is 60.8 Å². The van der Waals surface area contributed by atoms with Crippen LogP contribution in [0.2, 0.25) is 5.02 Å².